The molecule has 0 bridgehead atoms. The van der Waals surface area contributed by atoms with Gasteiger partial charge >= 0.3 is 5.92 Å². The number of nitrogens with one attached hydrogen (secondary N) is 1. The number of nitriles is 2. The molecule has 280 valence electrons. The minimum atomic E-state index is -3.37. The summed E-state index contributed by atoms with van der Waals surface area (Å²) in [4.78, 5) is 26.7. The molecule has 0 aromatic heterocycles. The highest BCUT2D eigenvalue weighted by Crippen LogP contribution is 2.33. The molecule has 1 N–H and O–H groups in total. The molecule has 0 spiro atoms. The van der Waals surface area contributed by atoms with Crippen molar-refractivity contribution in [3.8, 4) is 17.9 Å². The van der Waals surface area contributed by atoms with Crippen LogP contribution >= 0.6 is 0 Å². The number of amides is 1. The lowest BCUT2D eigenvalue weighted by Crippen LogP contribution is -2.59. The minimum absolute atomic E-state index is 0.0117. The maximum absolute atomic E-state index is 14.9. The van der Waals surface area contributed by atoms with Gasteiger partial charge in [-0.1, -0.05) is 40.7 Å². The first-order valence-electron chi connectivity index (χ1n) is 18.0. The zero-order valence-corrected chi connectivity index (χ0v) is 31.2. The second-order valence-electron chi connectivity index (χ2n) is 12.5. The summed E-state index contributed by atoms with van der Waals surface area (Å²) in [6.45, 7) is 20.0. The number of rotatable bonds is 9. The molecule has 0 saturated carbocycles. The highest BCUT2D eigenvalue weighted by atomic mass is 19.3. The summed E-state index contributed by atoms with van der Waals surface area (Å²) in [5.74, 6) is -3.44. The molecule has 2 aromatic carbocycles. The maximum Gasteiger partial charge on any atom is 0.301 e. The summed E-state index contributed by atoms with van der Waals surface area (Å²) in [7, 11) is 0. The maximum atomic E-state index is 14.9. The molecule has 0 radical (unpaired) electrons. The fourth-order valence-corrected chi connectivity index (χ4v) is 5.95. The van der Waals surface area contributed by atoms with E-state index in [9.17, 15) is 18.8 Å². The number of amidine groups is 1. The monoisotopic (exact) mass is 718 g/mol. The minimum Gasteiger partial charge on any atom is -0.483 e. The van der Waals surface area contributed by atoms with Crippen molar-refractivity contribution in [2.75, 3.05) is 56.2 Å². The number of likely N-dealkylation sites (tertiary alicyclic amines) is 1. The molecule has 13 heteroatoms. The number of benzene rings is 2. The molecule has 11 nitrogen and oxygen atoms in total. The number of piperazine rings is 1. The van der Waals surface area contributed by atoms with Gasteiger partial charge in [0, 0.05) is 61.8 Å². The lowest BCUT2D eigenvalue weighted by Gasteiger charge is -2.46. The summed E-state index contributed by atoms with van der Waals surface area (Å²) < 4.78 is 40.8. The number of anilines is 2. The number of carbonyl (C=O) groups excluding carboxylic acids is 1. The summed E-state index contributed by atoms with van der Waals surface area (Å²) in [5.41, 5.74) is 2.43. The van der Waals surface area contributed by atoms with Gasteiger partial charge in [-0.05, 0) is 56.3 Å². The van der Waals surface area contributed by atoms with Crippen molar-refractivity contribution in [3.05, 3.63) is 66.0 Å². The second-order valence-corrected chi connectivity index (χ2v) is 12.5. The Kier molecular flexibility index (Phi) is 16.2. The third kappa shape index (κ3) is 11.1. The number of aliphatic imine (C=N–C) groups is 2. The third-order valence-corrected chi connectivity index (χ3v) is 8.52. The Morgan fingerprint density at radius 2 is 1.83 bits per heavy atom. The molecule has 1 unspecified atom stereocenters. The molecule has 3 aliphatic rings. The van der Waals surface area contributed by atoms with Gasteiger partial charge in [-0.3, -0.25) is 9.69 Å². The van der Waals surface area contributed by atoms with Crippen LogP contribution in [0.3, 0.4) is 0 Å². The lowest BCUT2D eigenvalue weighted by molar-refractivity contribution is -0.159. The molecular weight excluding hydrogens is 666 g/mol. The first-order valence-corrected chi connectivity index (χ1v) is 18.0. The van der Waals surface area contributed by atoms with Crippen LogP contribution in [0.5, 0.6) is 5.75 Å². The summed E-state index contributed by atoms with van der Waals surface area (Å²) in [5, 5.41) is 21.7. The van der Waals surface area contributed by atoms with Crippen LogP contribution < -0.4 is 15.0 Å². The van der Waals surface area contributed by atoms with E-state index in [0.717, 1.165) is 49.1 Å². The van der Waals surface area contributed by atoms with E-state index >= 15 is 0 Å². The van der Waals surface area contributed by atoms with E-state index in [1.54, 1.807) is 25.3 Å². The van der Waals surface area contributed by atoms with Crippen molar-refractivity contribution in [1.29, 1.82) is 10.5 Å². The van der Waals surface area contributed by atoms with E-state index in [2.05, 4.69) is 64.6 Å². The Balaban J connectivity index is 0.00000139. The standard InChI is InChI=1S/C34H38F2N8O3.C3H8.C2H6/c1-4-39-33(25-5-10-30(26(17-25)18-38)47-31-12-14-43(22-34(31,35)36)32(45)11-13-37)41-24(3)40-27-6-8-28(9-7-27)44-16-15-42(19-23(44)2)29-20-46-21-29;1-3-2;1-2/h4-10,17,23,29,31,40H,3,11-12,14-16,19-22H2,1-2H3;3H2,1-2H3;1-2H3/b39-4?,41-33-;;/t23?,31-;;/m0../s1. The van der Waals surface area contributed by atoms with Gasteiger partial charge in [0.15, 0.2) is 11.9 Å². The van der Waals surface area contributed by atoms with E-state index in [-0.39, 0.29) is 30.1 Å². The Morgan fingerprint density at radius 1 is 1.13 bits per heavy atom. The molecule has 3 aliphatic heterocycles. The molecule has 5 rings (SSSR count). The predicted octanol–water partition coefficient (Wildman–Crippen LogP) is 6.86. The number of alkyl halides is 2. The lowest BCUT2D eigenvalue weighted by atomic mass is 10.0. The quantitative estimate of drug-likeness (QED) is 0.220. The van der Waals surface area contributed by atoms with Gasteiger partial charge in [0.25, 0.3) is 0 Å². The van der Waals surface area contributed by atoms with Crippen LogP contribution in [0, 0.1) is 22.7 Å². The number of ether oxygens (including phenoxy) is 2. The van der Waals surface area contributed by atoms with Crippen LogP contribution in [0.4, 0.5) is 20.2 Å². The van der Waals surface area contributed by atoms with Crippen LogP contribution in [0.2, 0.25) is 0 Å². The summed E-state index contributed by atoms with van der Waals surface area (Å²) in [6, 6.07) is 17.2. The van der Waals surface area contributed by atoms with Crippen LogP contribution in [0.15, 0.2) is 64.8 Å². The van der Waals surface area contributed by atoms with Gasteiger partial charge in [0.2, 0.25) is 5.91 Å². The molecule has 3 saturated heterocycles. The molecular formula is C39H52F2N8O3. The predicted molar refractivity (Wildman–Crippen MR) is 202 cm³/mol. The zero-order chi connectivity index (χ0) is 38.3. The largest absolute Gasteiger partial charge is 0.483 e. The van der Waals surface area contributed by atoms with E-state index in [0.29, 0.717) is 23.5 Å². The average Bonchev–Trinajstić information content (AvgIpc) is 3.10. The molecule has 3 fully saturated rings. The van der Waals surface area contributed by atoms with Crippen molar-refractivity contribution in [3.63, 3.8) is 0 Å². The second kappa shape index (κ2) is 20.3. The van der Waals surface area contributed by atoms with Crippen LogP contribution in [-0.4, -0.2) is 97.8 Å². The van der Waals surface area contributed by atoms with Crippen molar-refractivity contribution < 1.29 is 23.0 Å². The SMILES string of the molecule is C=C(/N=C(\N=CC)c1ccc(O[C@H]2CCN(C(=O)CC#N)CC2(F)F)c(C#N)c1)Nc1ccc(N2CCN(C3COC3)CC2C)cc1.CC.CCC. The van der Waals surface area contributed by atoms with Gasteiger partial charge in [0.1, 0.15) is 24.1 Å². The molecule has 2 atom stereocenters. The van der Waals surface area contributed by atoms with Crippen molar-refractivity contribution in [1.82, 2.24) is 9.80 Å². The Morgan fingerprint density at radius 3 is 2.38 bits per heavy atom. The van der Waals surface area contributed by atoms with Gasteiger partial charge in [-0.2, -0.15) is 10.5 Å². The van der Waals surface area contributed by atoms with Gasteiger partial charge in [0.05, 0.1) is 37.4 Å². The van der Waals surface area contributed by atoms with Crippen molar-refractivity contribution >= 4 is 29.3 Å². The summed E-state index contributed by atoms with van der Waals surface area (Å²) >= 11 is 0. The molecule has 52 heavy (non-hydrogen) atoms. The fourth-order valence-electron chi connectivity index (χ4n) is 5.95. The molecule has 0 aliphatic carbocycles. The smallest absolute Gasteiger partial charge is 0.301 e. The Hall–Kier alpha value is -4.85. The van der Waals surface area contributed by atoms with Crippen molar-refractivity contribution in [2.45, 2.75) is 84.9 Å². The third-order valence-electron chi connectivity index (χ3n) is 8.52. The van der Waals surface area contributed by atoms with Crippen LogP contribution in [0.1, 0.15) is 71.9 Å². The molecule has 3 heterocycles. The van der Waals surface area contributed by atoms with E-state index in [4.69, 9.17) is 14.7 Å². The van der Waals surface area contributed by atoms with Crippen molar-refractivity contribution in [2.24, 2.45) is 9.98 Å². The summed E-state index contributed by atoms with van der Waals surface area (Å²) in [6.07, 6.45) is 0.647. The van der Waals surface area contributed by atoms with Gasteiger partial charge in [-0.25, -0.2) is 18.8 Å². The van der Waals surface area contributed by atoms with Gasteiger partial charge in [-0.15, -0.1) is 0 Å². The topological polar surface area (TPSA) is 130 Å². The van der Waals surface area contributed by atoms with E-state index in [1.165, 1.54) is 18.6 Å². The highest BCUT2D eigenvalue weighted by molar-refractivity contribution is 6.03. The van der Waals surface area contributed by atoms with Gasteiger partial charge < -0.3 is 24.6 Å². The van der Waals surface area contributed by atoms with E-state index in [1.807, 2.05) is 32.0 Å². The zero-order valence-electron chi connectivity index (χ0n) is 31.2. The normalized spacial score (nSPS) is 20.2. The Bertz CT molecular complexity index is 1630. The highest BCUT2D eigenvalue weighted by Gasteiger charge is 2.47. The number of nitrogens with zero attached hydrogens (tertiary/aromatic N) is 7. The first-order chi connectivity index (χ1) is 25.0. The average molecular weight is 719 g/mol. The number of piperidine rings is 1. The fraction of sp³-hybridized carbons (Fsp3) is 0.513. The number of hydrogen-bond donors (Lipinski definition) is 1. The number of carbonyl (C=O) groups is 1. The van der Waals surface area contributed by atoms with E-state index < -0.39 is 30.9 Å². The molecule has 2 aromatic rings. The van der Waals surface area contributed by atoms with Crippen LogP contribution in [-0.2, 0) is 9.53 Å². The number of hydrogen-bond acceptors (Lipinski definition) is 9. The van der Waals surface area contributed by atoms with Crippen LogP contribution in [0.25, 0.3) is 0 Å². The molecule has 1 amide bonds. The number of halogens is 2. The Labute approximate surface area is 307 Å². The first kappa shape index (κ1) is 41.6.